The number of anilines is 3. The minimum atomic E-state index is -3.77. The molecular formula is C20H17ClN4O4S2. The van der Waals surface area contributed by atoms with Crippen LogP contribution in [0.1, 0.15) is 12.0 Å². The molecule has 11 heteroatoms. The summed E-state index contributed by atoms with van der Waals surface area (Å²) in [6.07, 6.45) is 1.49. The van der Waals surface area contributed by atoms with Gasteiger partial charge in [-0.25, -0.2) is 18.3 Å². The number of hydrogen-bond donors (Lipinski definition) is 2. The molecule has 0 spiro atoms. The van der Waals surface area contributed by atoms with Crippen molar-refractivity contribution in [2.75, 3.05) is 14.9 Å². The van der Waals surface area contributed by atoms with Gasteiger partial charge in [0.2, 0.25) is 5.91 Å². The molecule has 31 heavy (non-hydrogen) atoms. The second-order valence-electron chi connectivity index (χ2n) is 6.82. The molecule has 1 saturated heterocycles. The number of thiazole rings is 1. The monoisotopic (exact) mass is 476 g/mol. The van der Waals surface area contributed by atoms with Crippen LogP contribution in [0.25, 0.3) is 0 Å². The van der Waals surface area contributed by atoms with Crippen molar-refractivity contribution in [1.29, 1.82) is 0 Å². The molecule has 1 aliphatic rings. The second kappa shape index (κ2) is 8.29. The summed E-state index contributed by atoms with van der Waals surface area (Å²) in [4.78, 5) is 30.5. The Kier molecular flexibility index (Phi) is 5.69. The topological polar surface area (TPSA) is 108 Å². The van der Waals surface area contributed by atoms with Crippen LogP contribution in [0.5, 0.6) is 0 Å². The van der Waals surface area contributed by atoms with Crippen molar-refractivity contribution in [1.82, 2.24) is 4.98 Å². The predicted molar refractivity (Wildman–Crippen MR) is 120 cm³/mol. The van der Waals surface area contributed by atoms with E-state index in [0.29, 0.717) is 22.0 Å². The minimum absolute atomic E-state index is 0.0174. The number of benzene rings is 2. The van der Waals surface area contributed by atoms with Crippen molar-refractivity contribution in [2.24, 2.45) is 0 Å². The fourth-order valence-electron chi connectivity index (χ4n) is 3.22. The third-order valence-corrected chi connectivity index (χ3v) is 7.37. The zero-order valence-corrected chi connectivity index (χ0v) is 18.6. The van der Waals surface area contributed by atoms with E-state index in [0.717, 1.165) is 4.90 Å². The molecule has 0 bridgehead atoms. The van der Waals surface area contributed by atoms with Gasteiger partial charge in [-0.3, -0.25) is 14.3 Å². The lowest BCUT2D eigenvalue weighted by atomic mass is 10.2. The van der Waals surface area contributed by atoms with E-state index in [-0.39, 0.29) is 22.4 Å². The maximum absolute atomic E-state index is 12.9. The number of imide groups is 1. The number of hydrogen-bond acceptors (Lipinski definition) is 7. The second-order valence-corrected chi connectivity index (χ2v) is 9.80. The van der Waals surface area contributed by atoms with Crippen LogP contribution in [-0.2, 0) is 19.6 Å². The molecule has 0 radical (unpaired) electrons. The number of amides is 2. The first-order valence-corrected chi connectivity index (χ1v) is 11.9. The Balaban J connectivity index is 1.49. The fraction of sp³-hybridized carbons (Fsp3) is 0.150. The lowest BCUT2D eigenvalue weighted by Gasteiger charge is -2.18. The highest BCUT2D eigenvalue weighted by atomic mass is 35.5. The van der Waals surface area contributed by atoms with Crippen molar-refractivity contribution in [2.45, 2.75) is 24.3 Å². The highest BCUT2D eigenvalue weighted by Crippen LogP contribution is 2.31. The minimum Gasteiger partial charge on any atom is -0.373 e. The average Bonchev–Trinajstić information content (AvgIpc) is 3.32. The first kappa shape index (κ1) is 21.3. The first-order chi connectivity index (χ1) is 14.8. The van der Waals surface area contributed by atoms with E-state index in [9.17, 15) is 18.0 Å². The summed E-state index contributed by atoms with van der Waals surface area (Å²) in [5.41, 5.74) is 1.62. The molecule has 2 aromatic carbocycles. The van der Waals surface area contributed by atoms with Crippen molar-refractivity contribution in [3.05, 3.63) is 64.6 Å². The van der Waals surface area contributed by atoms with Gasteiger partial charge in [-0.1, -0.05) is 17.7 Å². The number of nitrogens with zero attached hydrogens (tertiary/aromatic N) is 2. The number of nitrogens with one attached hydrogen (secondary N) is 2. The lowest BCUT2D eigenvalue weighted by molar-refractivity contribution is -0.121. The van der Waals surface area contributed by atoms with Crippen molar-refractivity contribution < 1.29 is 18.0 Å². The molecule has 1 aromatic heterocycles. The number of aromatic nitrogens is 1. The van der Waals surface area contributed by atoms with Gasteiger partial charge >= 0.3 is 0 Å². The Morgan fingerprint density at radius 2 is 1.90 bits per heavy atom. The van der Waals surface area contributed by atoms with E-state index < -0.39 is 22.0 Å². The molecule has 2 N–H and O–H groups in total. The Morgan fingerprint density at radius 3 is 2.58 bits per heavy atom. The molecule has 1 aliphatic heterocycles. The van der Waals surface area contributed by atoms with E-state index in [1.54, 1.807) is 42.6 Å². The zero-order valence-electron chi connectivity index (χ0n) is 16.2. The van der Waals surface area contributed by atoms with Crippen LogP contribution in [0.2, 0.25) is 5.02 Å². The molecule has 8 nitrogen and oxygen atoms in total. The molecule has 0 aliphatic carbocycles. The normalized spacial score (nSPS) is 16.6. The Hall–Kier alpha value is -2.95. The lowest BCUT2D eigenvalue weighted by Crippen LogP contribution is -2.35. The maximum atomic E-state index is 12.9. The summed E-state index contributed by atoms with van der Waals surface area (Å²) >= 11 is 7.30. The maximum Gasteiger partial charge on any atom is 0.263 e. The third-order valence-electron chi connectivity index (χ3n) is 4.79. The van der Waals surface area contributed by atoms with Gasteiger partial charge in [0.15, 0.2) is 5.13 Å². The molecule has 0 saturated carbocycles. The molecule has 1 unspecified atom stereocenters. The van der Waals surface area contributed by atoms with Gasteiger partial charge in [0.05, 0.1) is 17.0 Å². The highest BCUT2D eigenvalue weighted by Gasteiger charge is 2.40. The van der Waals surface area contributed by atoms with Crippen molar-refractivity contribution in [3.63, 3.8) is 0 Å². The fourth-order valence-corrected chi connectivity index (χ4v) is 5.17. The SMILES string of the molecule is Cc1c(Cl)cccc1N1C(=O)CC(Nc2ccc(S(=O)(=O)Nc3nccs3)cc2)C1=O. The van der Waals surface area contributed by atoms with Gasteiger partial charge in [-0.2, -0.15) is 0 Å². The van der Waals surface area contributed by atoms with Gasteiger partial charge in [0, 0.05) is 22.3 Å². The largest absolute Gasteiger partial charge is 0.373 e. The molecule has 1 fully saturated rings. The summed E-state index contributed by atoms with van der Waals surface area (Å²) in [6.45, 7) is 1.75. The molecule has 1 atom stereocenters. The van der Waals surface area contributed by atoms with E-state index in [2.05, 4.69) is 15.0 Å². The number of carbonyl (C=O) groups excluding carboxylic acids is 2. The van der Waals surface area contributed by atoms with E-state index in [1.165, 1.54) is 29.7 Å². The summed E-state index contributed by atoms with van der Waals surface area (Å²) in [7, 11) is -3.77. The van der Waals surface area contributed by atoms with Gasteiger partial charge in [-0.05, 0) is 48.9 Å². The summed E-state index contributed by atoms with van der Waals surface area (Å²) in [6, 6.07) is 10.2. The van der Waals surface area contributed by atoms with Gasteiger partial charge in [-0.15, -0.1) is 11.3 Å². The number of halogens is 1. The van der Waals surface area contributed by atoms with Crippen LogP contribution in [0.4, 0.5) is 16.5 Å². The first-order valence-electron chi connectivity index (χ1n) is 9.17. The Labute approximate surface area is 187 Å². The van der Waals surface area contributed by atoms with Crippen LogP contribution in [0, 0.1) is 6.92 Å². The molecule has 2 amide bonds. The third kappa shape index (κ3) is 4.27. The van der Waals surface area contributed by atoms with Crippen LogP contribution in [0.15, 0.2) is 58.9 Å². The van der Waals surface area contributed by atoms with E-state index in [4.69, 9.17) is 11.6 Å². The van der Waals surface area contributed by atoms with Gasteiger partial charge in [0.25, 0.3) is 15.9 Å². The molecule has 2 heterocycles. The van der Waals surface area contributed by atoms with E-state index >= 15 is 0 Å². The number of carbonyl (C=O) groups is 2. The smallest absolute Gasteiger partial charge is 0.263 e. The molecule has 4 rings (SSSR count). The molecule has 3 aromatic rings. The van der Waals surface area contributed by atoms with E-state index in [1.807, 2.05) is 0 Å². The predicted octanol–water partition coefficient (Wildman–Crippen LogP) is 3.65. The standard InChI is InChI=1S/C20H17ClN4O4S2/c1-12-15(21)3-2-4-17(12)25-18(26)11-16(19(25)27)23-13-5-7-14(8-6-13)31(28,29)24-20-22-9-10-30-20/h2-10,16,23H,11H2,1H3,(H,22,24). The summed E-state index contributed by atoms with van der Waals surface area (Å²) < 4.78 is 27.3. The zero-order chi connectivity index (χ0) is 22.2. The van der Waals surface area contributed by atoms with Crippen LogP contribution in [0.3, 0.4) is 0 Å². The van der Waals surface area contributed by atoms with Gasteiger partial charge in [0.1, 0.15) is 6.04 Å². The van der Waals surface area contributed by atoms with Crippen molar-refractivity contribution >= 4 is 61.3 Å². The molecule has 160 valence electrons. The van der Waals surface area contributed by atoms with Crippen LogP contribution < -0.4 is 14.9 Å². The van der Waals surface area contributed by atoms with Crippen LogP contribution in [-0.4, -0.2) is 31.3 Å². The Bertz CT molecular complexity index is 1240. The summed E-state index contributed by atoms with van der Waals surface area (Å²) in [5.74, 6) is -0.725. The van der Waals surface area contributed by atoms with Gasteiger partial charge < -0.3 is 5.32 Å². The van der Waals surface area contributed by atoms with Crippen molar-refractivity contribution in [3.8, 4) is 0 Å². The average molecular weight is 477 g/mol. The summed E-state index contributed by atoms with van der Waals surface area (Å²) in [5, 5.41) is 5.42. The van der Waals surface area contributed by atoms with Crippen LogP contribution >= 0.6 is 22.9 Å². The highest BCUT2D eigenvalue weighted by molar-refractivity contribution is 7.93. The number of rotatable bonds is 6. The molecular weight excluding hydrogens is 460 g/mol. The quantitative estimate of drug-likeness (QED) is 0.526. The number of sulfonamides is 1. The Morgan fingerprint density at radius 1 is 1.16 bits per heavy atom.